The molecule has 0 bridgehead atoms. The largest absolute Gasteiger partial charge is 0.497 e. The zero-order valence-electron chi connectivity index (χ0n) is 20.8. The fourth-order valence-electron chi connectivity index (χ4n) is 5.10. The molecule has 35 heavy (non-hydrogen) atoms. The fourth-order valence-corrected chi connectivity index (χ4v) is 5.10. The standard InChI is InChI=1S/C30H33NO3.ClH/c1-30(2)29(23-11-13-24(14-12-23)33-20-19-31-17-7-8-18-31)28(22-9-5-4-6-10-22)26-16-15-25(32-3)21-27(26)34-30;/h4-6,9-16,21H,7-8,17-20H2,1-3H3;1H. The highest BCUT2D eigenvalue weighted by molar-refractivity contribution is 6.04. The number of fused-ring (bicyclic) bond motifs is 1. The van der Waals surface area contributed by atoms with E-state index < -0.39 is 5.60 Å². The van der Waals surface area contributed by atoms with Gasteiger partial charge in [0.1, 0.15) is 29.5 Å². The first-order chi connectivity index (χ1) is 16.5. The topological polar surface area (TPSA) is 30.9 Å². The molecule has 5 rings (SSSR count). The molecule has 1 fully saturated rings. The Hall–Kier alpha value is -2.95. The van der Waals surface area contributed by atoms with Gasteiger partial charge in [-0.15, -0.1) is 12.4 Å². The van der Waals surface area contributed by atoms with E-state index in [2.05, 4.69) is 79.4 Å². The highest BCUT2D eigenvalue weighted by Crippen LogP contribution is 2.49. The molecular formula is C30H34ClNO3. The summed E-state index contributed by atoms with van der Waals surface area (Å²) in [6.45, 7) is 8.37. The normalized spacial score (nSPS) is 16.8. The summed E-state index contributed by atoms with van der Waals surface area (Å²) in [5, 5.41) is 0. The Morgan fingerprint density at radius 3 is 2.23 bits per heavy atom. The zero-order chi connectivity index (χ0) is 23.5. The van der Waals surface area contributed by atoms with Crippen molar-refractivity contribution < 1.29 is 14.2 Å². The van der Waals surface area contributed by atoms with E-state index in [1.807, 2.05) is 12.1 Å². The molecule has 3 aromatic rings. The Morgan fingerprint density at radius 2 is 1.54 bits per heavy atom. The minimum absolute atomic E-state index is 0. The summed E-state index contributed by atoms with van der Waals surface area (Å²) in [6, 6.07) is 25.1. The lowest BCUT2D eigenvalue weighted by molar-refractivity contribution is 0.168. The predicted molar refractivity (Wildman–Crippen MR) is 145 cm³/mol. The number of ether oxygens (including phenoxy) is 3. The van der Waals surface area contributed by atoms with Gasteiger partial charge in [-0.05, 0) is 75.2 Å². The Bertz CT molecular complexity index is 1170. The number of methoxy groups -OCH3 is 1. The first-order valence-electron chi connectivity index (χ1n) is 12.2. The summed E-state index contributed by atoms with van der Waals surface area (Å²) < 4.78 is 18.1. The first-order valence-corrected chi connectivity index (χ1v) is 12.2. The van der Waals surface area contributed by atoms with Crippen LogP contribution in [0, 0.1) is 0 Å². The number of hydrogen-bond donors (Lipinski definition) is 0. The van der Waals surface area contributed by atoms with Gasteiger partial charge in [0.2, 0.25) is 0 Å². The molecule has 0 aromatic heterocycles. The summed E-state index contributed by atoms with van der Waals surface area (Å²) in [5.74, 6) is 2.54. The highest BCUT2D eigenvalue weighted by Gasteiger charge is 2.36. The van der Waals surface area contributed by atoms with Crippen LogP contribution in [0.15, 0.2) is 72.8 Å². The number of likely N-dealkylation sites (tertiary alicyclic amines) is 1. The molecule has 0 N–H and O–H groups in total. The van der Waals surface area contributed by atoms with Crippen molar-refractivity contribution in [1.29, 1.82) is 0 Å². The van der Waals surface area contributed by atoms with Crippen molar-refractivity contribution in [3.63, 3.8) is 0 Å². The van der Waals surface area contributed by atoms with Crippen molar-refractivity contribution in [3.8, 4) is 17.2 Å². The Morgan fingerprint density at radius 1 is 0.857 bits per heavy atom. The minimum atomic E-state index is -0.525. The molecule has 0 unspecified atom stereocenters. The van der Waals surface area contributed by atoms with Crippen LogP contribution in [0.3, 0.4) is 0 Å². The van der Waals surface area contributed by atoms with Gasteiger partial charge in [0, 0.05) is 29.3 Å². The Labute approximate surface area is 214 Å². The molecule has 0 atom stereocenters. The van der Waals surface area contributed by atoms with Gasteiger partial charge >= 0.3 is 0 Å². The summed E-state index contributed by atoms with van der Waals surface area (Å²) in [4.78, 5) is 2.47. The van der Waals surface area contributed by atoms with E-state index in [0.29, 0.717) is 0 Å². The van der Waals surface area contributed by atoms with Gasteiger partial charge in [-0.3, -0.25) is 4.90 Å². The van der Waals surface area contributed by atoms with Crippen LogP contribution in [0.5, 0.6) is 17.2 Å². The van der Waals surface area contributed by atoms with E-state index in [0.717, 1.165) is 41.5 Å². The van der Waals surface area contributed by atoms with Crippen molar-refractivity contribution in [3.05, 3.63) is 89.5 Å². The lowest BCUT2D eigenvalue weighted by atomic mass is 9.79. The fraction of sp³-hybridized carbons (Fsp3) is 0.333. The number of benzene rings is 3. The minimum Gasteiger partial charge on any atom is -0.497 e. The maximum absolute atomic E-state index is 6.56. The van der Waals surface area contributed by atoms with Crippen LogP contribution >= 0.6 is 12.4 Å². The maximum atomic E-state index is 6.56. The van der Waals surface area contributed by atoms with Gasteiger partial charge in [0.25, 0.3) is 0 Å². The molecular weight excluding hydrogens is 458 g/mol. The van der Waals surface area contributed by atoms with E-state index in [1.54, 1.807) is 7.11 Å². The maximum Gasteiger partial charge on any atom is 0.132 e. The number of hydrogen-bond acceptors (Lipinski definition) is 4. The van der Waals surface area contributed by atoms with Crippen molar-refractivity contribution in [1.82, 2.24) is 4.90 Å². The van der Waals surface area contributed by atoms with Crippen molar-refractivity contribution >= 4 is 23.6 Å². The first kappa shape index (κ1) is 25.2. The van der Waals surface area contributed by atoms with Crippen LogP contribution in [-0.4, -0.2) is 43.9 Å². The Balaban J connectivity index is 0.00000289. The van der Waals surface area contributed by atoms with Gasteiger partial charge in [0.15, 0.2) is 0 Å². The van der Waals surface area contributed by atoms with Crippen LogP contribution in [-0.2, 0) is 0 Å². The number of rotatable bonds is 7. The van der Waals surface area contributed by atoms with Gasteiger partial charge in [-0.25, -0.2) is 0 Å². The smallest absolute Gasteiger partial charge is 0.132 e. The molecule has 0 saturated carbocycles. The Kier molecular flexibility index (Phi) is 7.73. The van der Waals surface area contributed by atoms with E-state index in [9.17, 15) is 0 Å². The second-order valence-corrected chi connectivity index (χ2v) is 9.51. The number of halogens is 1. The second kappa shape index (κ2) is 10.8. The van der Waals surface area contributed by atoms with Gasteiger partial charge in [-0.1, -0.05) is 42.5 Å². The summed E-state index contributed by atoms with van der Waals surface area (Å²) in [5.41, 5.74) is 5.22. The lowest BCUT2D eigenvalue weighted by Crippen LogP contribution is -2.34. The third kappa shape index (κ3) is 5.34. The molecule has 0 radical (unpaired) electrons. The highest BCUT2D eigenvalue weighted by atomic mass is 35.5. The van der Waals surface area contributed by atoms with Crippen LogP contribution in [0.25, 0.3) is 11.1 Å². The zero-order valence-corrected chi connectivity index (χ0v) is 21.6. The predicted octanol–water partition coefficient (Wildman–Crippen LogP) is 6.72. The average Bonchev–Trinajstić information content (AvgIpc) is 3.37. The molecule has 2 aliphatic rings. The lowest BCUT2D eigenvalue weighted by Gasteiger charge is -2.38. The summed E-state index contributed by atoms with van der Waals surface area (Å²) in [6.07, 6.45) is 2.61. The SMILES string of the molecule is COc1ccc2c(c1)OC(C)(C)C(c1ccc(OCCN3CCCC3)cc1)=C2c1ccccc1.Cl. The third-order valence-corrected chi connectivity index (χ3v) is 6.76. The van der Waals surface area contributed by atoms with Gasteiger partial charge in [0.05, 0.1) is 7.11 Å². The van der Waals surface area contributed by atoms with Crippen LogP contribution in [0.2, 0.25) is 0 Å². The van der Waals surface area contributed by atoms with Crippen LogP contribution in [0.4, 0.5) is 0 Å². The van der Waals surface area contributed by atoms with E-state index in [4.69, 9.17) is 14.2 Å². The van der Waals surface area contributed by atoms with Crippen molar-refractivity contribution in [2.24, 2.45) is 0 Å². The number of nitrogens with zero attached hydrogens (tertiary/aromatic N) is 1. The van der Waals surface area contributed by atoms with Gasteiger partial charge < -0.3 is 14.2 Å². The van der Waals surface area contributed by atoms with Gasteiger partial charge in [-0.2, -0.15) is 0 Å². The monoisotopic (exact) mass is 491 g/mol. The van der Waals surface area contributed by atoms with Crippen LogP contribution in [0.1, 0.15) is 43.4 Å². The third-order valence-electron chi connectivity index (χ3n) is 6.76. The molecule has 0 spiro atoms. The summed E-state index contributed by atoms with van der Waals surface area (Å²) in [7, 11) is 1.68. The quantitative estimate of drug-likeness (QED) is 0.367. The molecule has 4 nitrogen and oxygen atoms in total. The molecule has 184 valence electrons. The average molecular weight is 492 g/mol. The molecule has 2 aliphatic heterocycles. The molecule has 0 aliphatic carbocycles. The van der Waals surface area contributed by atoms with E-state index >= 15 is 0 Å². The van der Waals surface area contributed by atoms with Crippen molar-refractivity contribution in [2.75, 3.05) is 33.4 Å². The molecule has 0 amide bonds. The molecule has 1 saturated heterocycles. The summed E-state index contributed by atoms with van der Waals surface area (Å²) >= 11 is 0. The van der Waals surface area contributed by atoms with E-state index in [1.165, 1.54) is 42.6 Å². The van der Waals surface area contributed by atoms with Crippen LogP contribution < -0.4 is 14.2 Å². The van der Waals surface area contributed by atoms with E-state index in [-0.39, 0.29) is 12.4 Å². The van der Waals surface area contributed by atoms with Crippen molar-refractivity contribution in [2.45, 2.75) is 32.3 Å². The molecule has 3 aromatic carbocycles. The molecule has 2 heterocycles. The molecule has 5 heteroatoms. The second-order valence-electron chi connectivity index (χ2n) is 9.51.